The third kappa shape index (κ3) is 70.0. The summed E-state index contributed by atoms with van der Waals surface area (Å²) >= 11 is 0. The van der Waals surface area contributed by atoms with E-state index in [2.05, 4.69) is 43.5 Å². The van der Waals surface area contributed by atoms with Gasteiger partial charge in [-0.3, -0.25) is 13.8 Å². The summed E-state index contributed by atoms with van der Waals surface area (Å²) in [4.78, 5) is 23.4. The summed E-state index contributed by atoms with van der Waals surface area (Å²) in [6, 6.07) is -0.870. The van der Waals surface area contributed by atoms with Crippen LogP contribution in [-0.4, -0.2) is 73.4 Å². The van der Waals surface area contributed by atoms with Crippen molar-refractivity contribution in [2.45, 2.75) is 405 Å². The summed E-state index contributed by atoms with van der Waals surface area (Å²) < 4.78 is 23.8. The molecule has 0 bridgehead atoms. The number of phosphoric acid groups is 1. The number of phosphoric ester groups is 1. The van der Waals surface area contributed by atoms with E-state index in [1.54, 1.807) is 6.08 Å². The molecule has 504 valence electrons. The van der Waals surface area contributed by atoms with Crippen molar-refractivity contribution in [3.05, 3.63) is 36.5 Å². The molecule has 1 amide bonds. The van der Waals surface area contributed by atoms with Crippen molar-refractivity contribution in [2.75, 3.05) is 40.9 Å². The fraction of sp³-hybridized carbons (Fsp3) is 0.908. The number of carbonyl (C=O) groups excluding carboxylic acids is 1. The van der Waals surface area contributed by atoms with Crippen molar-refractivity contribution < 1.29 is 32.9 Å². The van der Waals surface area contributed by atoms with Gasteiger partial charge in [0.05, 0.1) is 39.9 Å². The van der Waals surface area contributed by atoms with Crippen LogP contribution in [0.5, 0.6) is 0 Å². The van der Waals surface area contributed by atoms with Gasteiger partial charge in [-0.2, -0.15) is 0 Å². The maximum atomic E-state index is 13.1. The van der Waals surface area contributed by atoms with E-state index in [9.17, 15) is 19.4 Å². The largest absolute Gasteiger partial charge is 0.472 e. The van der Waals surface area contributed by atoms with E-state index in [0.717, 1.165) is 44.9 Å². The van der Waals surface area contributed by atoms with Gasteiger partial charge < -0.3 is 19.8 Å². The summed E-state index contributed by atoms with van der Waals surface area (Å²) in [6.45, 7) is 4.85. The molecule has 0 rings (SSSR count). The molecule has 0 aromatic rings. The molecule has 0 aliphatic carbocycles. The normalized spacial score (nSPS) is 13.7. The molecule has 0 aliphatic rings. The lowest BCUT2D eigenvalue weighted by Gasteiger charge is -2.25. The third-order valence-electron chi connectivity index (χ3n) is 17.6. The lowest BCUT2D eigenvalue weighted by molar-refractivity contribution is -0.870. The number of aliphatic hydroxyl groups excluding tert-OH is 1. The van der Waals surface area contributed by atoms with Crippen LogP contribution in [-0.2, 0) is 18.4 Å². The maximum absolute atomic E-state index is 13.1. The number of amides is 1. The van der Waals surface area contributed by atoms with Crippen molar-refractivity contribution >= 4 is 13.7 Å². The van der Waals surface area contributed by atoms with Gasteiger partial charge in [0, 0.05) is 6.42 Å². The fourth-order valence-electron chi connectivity index (χ4n) is 11.7. The van der Waals surface area contributed by atoms with Gasteiger partial charge in [-0.25, -0.2) is 4.57 Å². The number of rotatable bonds is 71. The van der Waals surface area contributed by atoms with Crippen LogP contribution in [0.2, 0.25) is 0 Å². The number of likely N-dealkylation sites (N-methyl/N-ethyl adjacent to an activating group) is 1. The molecule has 3 unspecified atom stereocenters. The van der Waals surface area contributed by atoms with Crippen molar-refractivity contribution in [3.63, 3.8) is 0 Å². The number of unbranched alkanes of at least 4 members (excludes halogenated alkanes) is 54. The highest BCUT2D eigenvalue weighted by atomic mass is 31.2. The minimum absolute atomic E-state index is 0.0555. The van der Waals surface area contributed by atoms with Crippen molar-refractivity contribution in [1.29, 1.82) is 0 Å². The highest BCUT2D eigenvalue weighted by molar-refractivity contribution is 7.47. The number of nitrogens with zero attached hydrogens (tertiary/aromatic N) is 1. The zero-order valence-corrected chi connectivity index (χ0v) is 58.8. The van der Waals surface area contributed by atoms with Crippen molar-refractivity contribution in [1.82, 2.24) is 5.32 Å². The van der Waals surface area contributed by atoms with E-state index in [1.807, 2.05) is 27.2 Å². The molecule has 0 radical (unpaired) electrons. The minimum atomic E-state index is -4.37. The molecule has 0 heterocycles. The molecule has 0 aromatic carbocycles. The summed E-state index contributed by atoms with van der Waals surface area (Å²) in [5, 5.41) is 14.0. The van der Waals surface area contributed by atoms with Crippen LogP contribution in [0.1, 0.15) is 393 Å². The van der Waals surface area contributed by atoms with Gasteiger partial charge in [0.25, 0.3) is 0 Å². The molecule has 8 nitrogen and oxygen atoms in total. The zero-order valence-electron chi connectivity index (χ0n) is 57.9. The second-order valence-corrected chi connectivity index (χ2v) is 28.8. The molecule has 3 N–H and O–H groups in total. The standard InChI is InChI=1S/C76H149N2O6P/c1-6-8-10-12-14-16-18-20-22-24-26-28-30-32-34-36-37-38-39-40-42-44-46-48-50-52-54-56-58-60-62-64-66-68-70-76(80)77-74(73-84-85(81,82)83-72-71-78(3,4)5)75(79)69-67-65-63-61-59-57-55-53-51-49-47-45-43-41-35-33-31-29-27-25-23-21-19-17-15-13-11-9-7-2/h51,53,59,61,67,69,74-75,79H,6-50,52,54-58,60,62-66,68,70-73H2,1-5H3,(H-,77,80,81,82)/p+1/b53-51+,61-59+,69-67+. The number of aliphatic hydroxyl groups is 1. The van der Waals surface area contributed by atoms with E-state index in [-0.39, 0.29) is 19.1 Å². The molecule has 0 saturated carbocycles. The molecule has 0 aromatic heterocycles. The molecule has 85 heavy (non-hydrogen) atoms. The van der Waals surface area contributed by atoms with Crippen LogP contribution in [0.25, 0.3) is 0 Å². The molecule has 0 saturated heterocycles. The average Bonchev–Trinajstić information content (AvgIpc) is 3.53. The van der Waals surface area contributed by atoms with Gasteiger partial charge in [-0.1, -0.05) is 378 Å². The van der Waals surface area contributed by atoms with Crippen LogP contribution in [0, 0.1) is 0 Å². The maximum Gasteiger partial charge on any atom is 0.472 e. The lowest BCUT2D eigenvalue weighted by atomic mass is 10.0. The van der Waals surface area contributed by atoms with E-state index in [1.165, 1.54) is 327 Å². The highest BCUT2D eigenvalue weighted by Gasteiger charge is 2.28. The van der Waals surface area contributed by atoms with Crippen LogP contribution < -0.4 is 5.32 Å². The Morgan fingerprint density at radius 3 is 0.941 bits per heavy atom. The summed E-state index contributed by atoms with van der Waals surface area (Å²) in [6.07, 6.45) is 90.5. The minimum Gasteiger partial charge on any atom is -0.387 e. The Bertz CT molecular complexity index is 1480. The van der Waals surface area contributed by atoms with Crippen LogP contribution in [0.15, 0.2) is 36.5 Å². The van der Waals surface area contributed by atoms with Crippen LogP contribution in [0.4, 0.5) is 0 Å². The predicted molar refractivity (Wildman–Crippen MR) is 374 cm³/mol. The van der Waals surface area contributed by atoms with Crippen molar-refractivity contribution in [2.24, 2.45) is 0 Å². The SMILES string of the molecule is CCCCCCCCCCCCCCCCCCCCC/C=C/CC/C=C/CC/C=C/C(O)C(COP(=O)(O)OCC[N+](C)(C)C)NC(=O)CCCCCCCCCCCCCCCCCCCCCCCCCCCCCCCCCCCC. The number of carbonyl (C=O) groups is 1. The first-order valence-electron chi connectivity index (χ1n) is 37.9. The Morgan fingerprint density at radius 1 is 0.388 bits per heavy atom. The van der Waals surface area contributed by atoms with Gasteiger partial charge >= 0.3 is 7.82 Å². The van der Waals surface area contributed by atoms with Gasteiger partial charge in [0.1, 0.15) is 13.2 Å². The Hall–Kier alpha value is -1.28. The van der Waals surface area contributed by atoms with Crippen molar-refractivity contribution in [3.8, 4) is 0 Å². The number of hydrogen-bond acceptors (Lipinski definition) is 5. The molecular weight excluding hydrogens is 1070 g/mol. The summed E-state index contributed by atoms with van der Waals surface area (Å²) in [5.41, 5.74) is 0. The fourth-order valence-corrected chi connectivity index (χ4v) is 12.5. The smallest absolute Gasteiger partial charge is 0.387 e. The molecule has 9 heteroatoms. The Labute approximate surface area is 531 Å². The molecular formula is C76H150N2O6P+. The zero-order chi connectivity index (χ0) is 61.9. The summed E-state index contributed by atoms with van der Waals surface area (Å²) in [5.74, 6) is -0.182. The number of nitrogens with one attached hydrogen (secondary N) is 1. The summed E-state index contributed by atoms with van der Waals surface area (Å²) in [7, 11) is 1.56. The quantitative estimate of drug-likeness (QED) is 0.0243. The molecule has 0 fully saturated rings. The lowest BCUT2D eigenvalue weighted by Crippen LogP contribution is -2.45. The van der Waals surface area contributed by atoms with Gasteiger partial charge in [0.15, 0.2) is 0 Å². The predicted octanol–water partition coefficient (Wildman–Crippen LogP) is 24.4. The Kier molecular flexibility index (Phi) is 66.1. The average molecular weight is 1220 g/mol. The van der Waals surface area contributed by atoms with Crippen LogP contribution in [0.3, 0.4) is 0 Å². The van der Waals surface area contributed by atoms with Gasteiger partial charge in [0.2, 0.25) is 5.91 Å². The van der Waals surface area contributed by atoms with Crippen LogP contribution >= 0.6 is 7.82 Å². The highest BCUT2D eigenvalue weighted by Crippen LogP contribution is 2.43. The van der Waals surface area contributed by atoms with E-state index < -0.39 is 20.0 Å². The number of quaternary nitrogens is 1. The molecule has 0 aliphatic heterocycles. The Balaban J connectivity index is 4.03. The molecule has 0 spiro atoms. The number of hydrogen-bond donors (Lipinski definition) is 3. The van der Waals surface area contributed by atoms with E-state index >= 15 is 0 Å². The topological polar surface area (TPSA) is 105 Å². The van der Waals surface area contributed by atoms with E-state index in [4.69, 9.17) is 9.05 Å². The third-order valence-corrected chi connectivity index (χ3v) is 18.6. The second kappa shape index (κ2) is 67.1. The second-order valence-electron chi connectivity index (χ2n) is 27.4. The molecule has 3 atom stereocenters. The first-order valence-corrected chi connectivity index (χ1v) is 39.4. The van der Waals surface area contributed by atoms with E-state index in [0.29, 0.717) is 17.4 Å². The number of allylic oxidation sites excluding steroid dienone is 5. The Morgan fingerprint density at radius 2 is 0.647 bits per heavy atom. The van der Waals surface area contributed by atoms with Gasteiger partial charge in [-0.15, -0.1) is 0 Å². The first kappa shape index (κ1) is 83.7. The van der Waals surface area contributed by atoms with Gasteiger partial charge in [-0.05, 0) is 44.9 Å². The first-order chi connectivity index (χ1) is 41.5. The monoisotopic (exact) mass is 1220 g/mol.